The summed E-state index contributed by atoms with van der Waals surface area (Å²) < 4.78 is 5.91. The van der Waals surface area contributed by atoms with Gasteiger partial charge >= 0.3 is 0 Å². The van der Waals surface area contributed by atoms with E-state index in [1.807, 2.05) is 18.2 Å². The number of rotatable bonds is 5. The summed E-state index contributed by atoms with van der Waals surface area (Å²) in [5, 5.41) is 1.15. The van der Waals surface area contributed by atoms with Crippen molar-refractivity contribution >= 4 is 11.0 Å². The molecule has 1 fully saturated rings. The maximum Gasteiger partial charge on any atom is 0.134 e. The van der Waals surface area contributed by atoms with Gasteiger partial charge in [-0.05, 0) is 37.9 Å². The zero-order chi connectivity index (χ0) is 14.7. The Labute approximate surface area is 127 Å². The second kappa shape index (κ2) is 6.63. The fraction of sp³-hybridized carbons (Fsp3) is 0.556. The molecule has 0 amide bonds. The quantitative estimate of drug-likeness (QED) is 0.900. The number of hydrogen-bond acceptors (Lipinski definition) is 3. The molecule has 21 heavy (non-hydrogen) atoms. The number of hydrogen-bond donors (Lipinski definition) is 1. The van der Waals surface area contributed by atoms with E-state index in [0.717, 1.165) is 23.3 Å². The lowest BCUT2D eigenvalue weighted by molar-refractivity contribution is 0.128. The first kappa shape index (κ1) is 14.6. The van der Waals surface area contributed by atoms with Crippen LogP contribution in [-0.4, -0.2) is 24.0 Å². The third-order valence-electron chi connectivity index (χ3n) is 4.61. The van der Waals surface area contributed by atoms with Gasteiger partial charge in [0.1, 0.15) is 11.3 Å². The lowest BCUT2D eigenvalue weighted by atomic mass is 9.97. The van der Waals surface area contributed by atoms with Crippen LogP contribution < -0.4 is 5.73 Å². The first-order valence-electron chi connectivity index (χ1n) is 8.26. The normalized spacial score (nSPS) is 21.7. The highest BCUT2D eigenvalue weighted by Crippen LogP contribution is 2.26. The number of furan rings is 1. The van der Waals surface area contributed by atoms with Crippen LogP contribution in [0.3, 0.4) is 0 Å². The molecule has 3 rings (SSSR count). The van der Waals surface area contributed by atoms with Crippen LogP contribution in [0.1, 0.15) is 50.8 Å². The van der Waals surface area contributed by atoms with Gasteiger partial charge in [0.05, 0.1) is 6.04 Å². The van der Waals surface area contributed by atoms with Crippen LogP contribution in [0.25, 0.3) is 11.0 Å². The smallest absolute Gasteiger partial charge is 0.134 e. The van der Waals surface area contributed by atoms with Gasteiger partial charge in [0, 0.05) is 18.0 Å². The molecule has 0 bridgehead atoms. The Morgan fingerprint density at radius 3 is 3.00 bits per heavy atom. The highest BCUT2D eigenvalue weighted by molar-refractivity contribution is 5.77. The number of fused-ring (bicyclic) bond motifs is 1. The lowest BCUT2D eigenvalue weighted by Crippen LogP contribution is -2.43. The summed E-state index contributed by atoms with van der Waals surface area (Å²) in [7, 11) is 0. The second-order valence-corrected chi connectivity index (χ2v) is 6.23. The molecule has 0 saturated carbocycles. The van der Waals surface area contributed by atoms with Gasteiger partial charge in [-0.1, -0.05) is 38.0 Å². The van der Waals surface area contributed by atoms with Crippen molar-refractivity contribution in [2.75, 3.05) is 13.1 Å². The largest absolute Gasteiger partial charge is 0.459 e. The van der Waals surface area contributed by atoms with Gasteiger partial charge in [-0.15, -0.1) is 0 Å². The van der Waals surface area contributed by atoms with Gasteiger partial charge in [-0.3, -0.25) is 4.90 Å². The van der Waals surface area contributed by atoms with E-state index in [2.05, 4.69) is 24.0 Å². The number of piperidine rings is 1. The van der Waals surface area contributed by atoms with Crippen LogP contribution in [0.5, 0.6) is 0 Å². The average Bonchev–Trinajstić information content (AvgIpc) is 2.93. The molecule has 2 aromatic rings. The van der Waals surface area contributed by atoms with E-state index in [1.165, 1.54) is 38.6 Å². The molecule has 1 aromatic carbocycles. The van der Waals surface area contributed by atoms with Crippen LogP contribution >= 0.6 is 0 Å². The molecular formula is C18H26N2O. The predicted octanol–water partition coefficient (Wildman–Crippen LogP) is 4.09. The molecule has 3 nitrogen and oxygen atoms in total. The van der Waals surface area contributed by atoms with Crippen LogP contribution in [0.2, 0.25) is 0 Å². The van der Waals surface area contributed by atoms with E-state index >= 15 is 0 Å². The number of nitrogens with zero attached hydrogens (tertiary/aromatic N) is 1. The first-order valence-corrected chi connectivity index (χ1v) is 8.26. The fourth-order valence-corrected chi connectivity index (χ4v) is 3.49. The highest BCUT2D eigenvalue weighted by Gasteiger charge is 2.24. The van der Waals surface area contributed by atoms with Crippen molar-refractivity contribution in [3.63, 3.8) is 0 Å². The van der Waals surface area contributed by atoms with Crippen LogP contribution in [-0.2, 0) is 0 Å². The Hall–Kier alpha value is -1.32. The Kier molecular flexibility index (Phi) is 4.61. The number of benzene rings is 1. The maximum absolute atomic E-state index is 6.41. The molecule has 1 aliphatic rings. The van der Waals surface area contributed by atoms with Gasteiger partial charge < -0.3 is 10.2 Å². The van der Waals surface area contributed by atoms with E-state index in [9.17, 15) is 0 Å². The second-order valence-electron chi connectivity index (χ2n) is 6.23. The summed E-state index contributed by atoms with van der Waals surface area (Å²) >= 11 is 0. The zero-order valence-corrected chi connectivity index (χ0v) is 12.9. The van der Waals surface area contributed by atoms with Crippen molar-refractivity contribution < 1.29 is 4.42 Å². The lowest BCUT2D eigenvalue weighted by Gasteiger charge is -2.36. The van der Waals surface area contributed by atoms with Crippen molar-refractivity contribution in [1.29, 1.82) is 0 Å². The number of para-hydroxylation sites is 1. The summed E-state index contributed by atoms with van der Waals surface area (Å²) in [5.41, 5.74) is 7.35. The van der Waals surface area contributed by atoms with Crippen molar-refractivity contribution in [3.8, 4) is 0 Å². The summed E-state index contributed by atoms with van der Waals surface area (Å²) in [6.45, 7) is 4.36. The molecule has 0 aliphatic carbocycles. The standard InChI is InChI=1S/C18H26N2O/c1-2-7-15-9-5-6-11-20(15)13-16(19)18-12-14-8-3-4-10-17(14)21-18/h3-4,8,10,12,15-16H,2,5-7,9,11,13,19H2,1H3. The van der Waals surface area contributed by atoms with Crippen molar-refractivity contribution in [2.24, 2.45) is 5.73 Å². The van der Waals surface area contributed by atoms with Gasteiger partial charge in [0.15, 0.2) is 0 Å². The van der Waals surface area contributed by atoms with Gasteiger partial charge in [0.2, 0.25) is 0 Å². The minimum absolute atomic E-state index is 0.0325. The summed E-state index contributed by atoms with van der Waals surface area (Å²) in [6, 6.07) is 10.9. The first-order chi connectivity index (χ1) is 10.3. The van der Waals surface area contributed by atoms with Crippen LogP contribution in [0.4, 0.5) is 0 Å². The number of nitrogens with two attached hydrogens (primary N) is 1. The molecule has 1 aliphatic heterocycles. The molecule has 1 saturated heterocycles. The minimum atomic E-state index is -0.0325. The number of likely N-dealkylation sites (tertiary alicyclic amines) is 1. The van der Waals surface area contributed by atoms with Crippen molar-refractivity contribution in [2.45, 2.75) is 51.1 Å². The molecule has 0 spiro atoms. The Morgan fingerprint density at radius 1 is 1.33 bits per heavy atom. The minimum Gasteiger partial charge on any atom is -0.459 e. The van der Waals surface area contributed by atoms with Gasteiger partial charge in [-0.2, -0.15) is 0 Å². The molecule has 2 unspecified atom stereocenters. The molecular weight excluding hydrogens is 260 g/mol. The average molecular weight is 286 g/mol. The molecule has 0 radical (unpaired) electrons. The van der Waals surface area contributed by atoms with E-state index < -0.39 is 0 Å². The van der Waals surface area contributed by atoms with Crippen LogP contribution in [0.15, 0.2) is 34.7 Å². The Balaban J connectivity index is 1.70. The summed E-state index contributed by atoms with van der Waals surface area (Å²) in [4.78, 5) is 2.57. The molecule has 2 atom stereocenters. The predicted molar refractivity (Wildman–Crippen MR) is 87.3 cm³/mol. The summed E-state index contributed by atoms with van der Waals surface area (Å²) in [6.07, 6.45) is 6.52. The zero-order valence-electron chi connectivity index (χ0n) is 12.9. The molecule has 3 heteroatoms. The van der Waals surface area contributed by atoms with E-state index in [0.29, 0.717) is 6.04 Å². The van der Waals surface area contributed by atoms with E-state index in [4.69, 9.17) is 10.2 Å². The third-order valence-corrected chi connectivity index (χ3v) is 4.61. The van der Waals surface area contributed by atoms with Gasteiger partial charge in [-0.25, -0.2) is 0 Å². The van der Waals surface area contributed by atoms with E-state index in [1.54, 1.807) is 0 Å². The fourth-order valence-electron chi connectivity index (χ4n) is 3.49. The van der Waals surface area contributed by atoms with Crippen molar-refractivity contribution in [3.05, 3.63) is 36.1 Å². The molecule has 1 aromatic heterocycles. The Morgan fingerprint density at radius 2 is 2.19 bits per heavy atom. The highest BCUT2D eigenvalue weighted by atomic mass is 16.3. The molecule has 114 valence electrons. The summed E-state index contributed by atoms with van der Waals surface area (Å²) in [5.74, 6) is 0.914. The topological polar surface area (TPSA) is 42.4 Å². The SMILES string of the molecule is CCCC1CCCCN1CC(N)c1cc2ccccc2o1. The van der Waals surface area contributed by atoms with Gasteiger partial charge in [0.25, 0.3) is 0 Å². The maximum atomic E-state index is 6.41. The third kappa shape index (κ3) is 3.30. The van der Waals surface area contributed by atoms with Crippen molar-refractivity contribution in [1.82, 2.24) is 4.90 Å². The Bertz CT molecular complexity index is 542. The van der Waals surface area contributed by atoms with Crippen LogP contribution in [0, 0.1) is 0 Å². The molecule has 2 heterocycles. The molecule has 2 N–H and O–H groups in total. The van der Waals surface area contributed by atoms with E-state index in [-0.39, 0.29) is 6.04 Å². The monoisotopic (exact) mass is 286 g/mol.